The number of hydrogen-bond acceptors (Lipinski definition) is 3. The average Bonchev–Trinajstić information content (AvgIpc) is 2.79. The average molecular weight is 461 g/mol. The number of alkyl halides is 3. The first-order valence-corrected chi connectivity index (χ1v) is 11.8. The van der Waals surface area contributed by atoms with Gasteiger partial charge >= 0.3 is 6.18 Å². The van der Waals surface area contributed by atoms with Gasteiger partial charge in [0.2, 0.25) is 10.0 Å². The monoisotopic (exact) mass is 460 g/mol. The van der Waals surface area contributed by atoms with Gasteiger partial charge in [0.25, 0.3) is 0 Å². The Morgan fingerprint density at radius 1 is 1.03 bits per heavy atom. The Balaban J connectivity index is 1.77. The van der Waals surface area contributed by atoms with E-state index in [1.165, 1.54) is 16.4 Å². The summed E-state index contributed by atoms with van der Waals surface area (Å²) in [5.74, 6) is 0. The first kappa shape index (κ1) is 22.5. The van der Waals surface area contributed by atoms with Gasteiger partial charge in [0.1, 0.15) is 0 Å². The van der Waals surface area contributed by atoms with Crippen LogP contribution in [0.5, 0.6) is 0 Å². The number of nitrogens with zero attached hydrogens (tertiary/aromatic N) is 2. The zero-order valence-electron chi connectivity index (χ0n) is 17.5. The van der Waals surface area contributed by atoms with E-state index in [9.17, 15) is 21.6 Å². The Kier molecular flexibility index (Phi) is 6.09. The SMILES string of the molecule is Cc1cnccc1-c1cccc(C2CCCCN2S(=O)(=O)c2ccccc2C(F)(F)F)c1. The fourth-order valence-electron chi connectivity index (χ4n) is 4.29. The maximum atomic E-state index is 13.6. The Bertz CT molecular complexity index is 1230. The van der Waals surface area contributed by atoms with Crippen molar-refractivity contribution >= 4 is 10.0 Å². The van der Waals surface area contributed by atoms with E-state index in [4.69, 9.17) is 0 Å². The van der Waals surface area contributed by atoms with Crippen molar-refractivity contribution in [2.24, 2.45) is 0 Å². The predicted octanol–water partition coefficient (Wildman–Crippen LogP) is 5.99. The van der Waals surface area contributed by atoms with E-state index in [2.05, 4.69) is 4.98 Å². The van der Waals surface area contributed by atoms with Crippen LogP contribution in [0.2, 0.25) is 0 Å². The summed E-state index contributed by atoms with van der Waals surface area (Å²) < 4.78 is 68.8. The fourth-order valence-corrected chi connectivity index (χ4v) is 6.19. The zero-order chi connectivity index (χ0) is 22.9. The number of sulfonamides is 1. The lowest BCUT2D eigenvalue weighted by Gasteiger charge is -2.35. The number of hydrogen-bond donors (Lipinski definition) is 0. The van der Waals surface area contributed by atoms with Gasteiger partial charge in [-0.25, -0.2) is 8.42 Å². The molecule has 2 aromatic carbocycles. The van der Waals surface area contributed by atoms with Gasteiger partial charge < -0.3 is 0 Å². The van der Waals surface area contributed by atoms with E-state index in [1.807, 2.05) is 37.3 Å². The summed E-state index contributed by atoms with van der Waals surface area (Å²) in [5, 5.41) is 0. The van der Waals surface area contributed by atoms with Crippen LogP contribution in [0, 0.1) is 6.92 Å². The summed E-state index contributed by atoms with van der Waals surface area (Å²) in [5.41, 5.74) is 2.52. The van der Waals surface area contributed by atoms with Crippen LogP contribution in [0.3, 0.4) is 0 Å². The Hall–Kier alpha value is -2.71. The third-order valence-corrected chi connectivity index (χ3v) is 7.80. The molecule has 168 valence electrons. The molecule has 0 N–H and O–H groups in total. The van der Waals surface area contributed by atoms with Crippen LogP contribution in [-0.2, 0) is 16.2 Å². The van der Waals surface area contributed by atoms with Gasteiger partial charge in [-0.05, 0) is 66.3 Å². The Morgan fingerprint density at radius 3 is 2.56 bits per heavy atom. The first-order chi connectivity index (χ1) is 15.2. The van der Waals surface area contributed by atoms with Crippen molar-refractivity contribution in [1.82, 2.24) is 9.29 Å². The molecule has 0 bridgehead atoms. The van der Waals surface area contributed by atoms with E-state index in [0.29, 0.717) is 12.8 Å². The highest BCUT2D eigenvalue weighted by Gasteiger charge is 2.41. The van der Waals surface area contributed by atoms with Gasteiger partial charge in [-0.3, -0.25) is 4.98 Å². The summed E-state index contributed by atoms with van der Waals surface area (Å²) in [6.07, 6.45) is 0.650. The third kappa shape index (κ3) is 4.29. The van der Waals surface area contributed by atoms with E-state index < -0.39 is 32.7 Å². The van der Waals surface area contributed by atoms with Crippen LogP contribution in [0.25, 0.3) is 11.1 Å². The molecule has 1 atom stereocenters. The molecule has 1 aromatic heterocycles. The van der Waals surface area contributed by atoms with Gasteiger partial charge in [-0.15, -0.1) is 0 Å². The summed E-state index contributed by atoms with van der Waals surface area (Å²) in [6.45, 7) is 2.12. The second kappa shape index (κ2) is 8.67. The summed E-state index contributed by atoms with van der Waals surface area (Å²) in [4.78, 5) is 3.42. The Morgan fingerprint density at radius 2 is 1.81 bits per heavy atom. The minimum Gasteiger partial charge on any atom is -0.264 e. The van der Waals surface area contributed by atoms with Gasteiger partial charge in [-0.1, -0.05) is 36.8 Å². The highest BCUT2D eigenvalue weighted by molar-refractivity contribution is 7.89. The number of pyridine rings is 1. The quantitative estimate of drug-likeness (QED) is 0.480. The normalized spacial score (nSPS) is 17.9. The lowest BCUT2D eigenvalue weighted by Crippen LogP contribution is -2.39. The minimum atomic E-state index is -4.76. The fraction of sp³-hybridized carbons (Fsp3) is 0.292. The van der Waals surface area contributed by atoms with Gasteiger partial charge in [0, 0.05) is 18.9 Å². The van der Waals surface area contributed by atoms with Crippen molar-refractivity contribution in [3.05, 3.63) is 83.7 Å². The highest BCUT2D eigenvalue weighted by atomic mass is 32.2. The summed E-state index contributed by atoms with van der Waals surface area (Å²) >= 11 is 0. The van der Waals surface area contributed by atoms with Crippen molar-refractivity contribution in [3.63, 3.8) is 0 Å². The van der Waals surface area contributed by atoms with Crippen LogP contribution in [-0.4, -0.2) is 24.3 Å². The topological polar surface area (TPSA) is 50.3 Å². The molecule has 1 fully saturated rings. The molecule has 1 aliphatic heterocycles. The van der Waals surface area contributed by atoms with Crippen LogP contribution >= 0.6 is 0 Å². The highest BCUT2D eigenvalue weighted by Crippen LogP contribution is 2.40. The minimum absolute atomic E-state index is 0.178. The molecule has 1 unspecified atom stereocenters. The summed E-state index contributed by atoms with van der Waals surface area (Å²) in [6, 6.07) is 13.3. The zero-order valence-corrected chi connectivity index (χ0v) is 18.3. The van der Waals surface area contributed by atoms with E-state index >= 15 is 0 Å². The lowest BCUT2D eigenvalue weighted by atomic mass is 9.94. The van der Waals surface area contributed by atoms with Gasteiger partial charge in [-0.2, -0.15) is 17.5 Å². The van der Waals surface area contributed by atoms with E-state index in [1.54, 1.807) is 12.4 Å². The van der Waals surface area contributed by atoms with Gasteiger partial charge in [0.15, 0.2) is 0 Å². The molecular weight excluding hydrogens is 437 g/mol. The second-order valence-electron chi connectivity index (χ2n) is 7.94. The smallest absolute Gasteiger partial charge is 0.264 e. The molecule has 3 aromatic rings. The molecule has 0 saturated carbocycles. The lowest BCUT2D eigenvalue weighted by molar-refractivity contribution is -0.139. The maximum Gasteiger partial charge on any atom is 0.417 e. The molecule has 8 heteroatoms. The molecule has 0 aliphatic carbocycles. The molecule has 2 heterocycles. The third-order valence-electron chi connectivity index (χ3n) is 5.84. The van der Waals surface area contributed by atoms with Crippen LogP contribution in [0.1, 0.15) is 42.0 Å². The molecule has 0 radical (unpaired) electrons. The number of aryl methyl sites for hydroxylation is 1. The molecular formula is C24H23F3N2O2S. The molecule has 1 saturated heterocycles. The van der Waals surface area contributed by atoms with Crippen LogP contribution < -0.4 is 0 Å². The molecule has 32 heavy (non-hydrogen) atoms. The second-order valence-corrected chi connectivity index (χ2v) is 9.80. The first-order valence-electron chi connectivity index (χ1n) is 10.4. The predicted molar refractivity (Wildman–Crippen MR) is 116 cm³/mol. The van der Waals surface area contributed by atoms with Crippen molar-refractivity contribution in [2.75, 3.05) is 6.54 Å². The van der Waals surface area contributed by atoms with E-state index in [-0.39, 0.29) is 6.54 Å². The van der Waals surface area contributed by atoms with Crippen LogP contribution in [0.4, 0.5) is 13.2 Å². The Labute approximate surface area is 185 Å². The van der Waals surface area contributed by atoms with Crippen LogP contribution in [0.15, 0.2) is 71.9 Å². The van der Waals surface area contributed by atoms with E-state index in [0.717, 1.165) is 40.8 Å². The largest absolute Gasteiger partial charge is 0.417 e. The maximum absolute atomic E-state index is 13.6. The molecule has 0 amide bonds. The molecule has 4 nitrogen and oxygen atoms in total. The summed E-state index contributed by atoms with van der Waals surface area (Å²) in [7, 11) is -4.36. The number of piperidine rings is 1. The molecule has 1 aliphatic rings. The van der Waals surface area contributed by atoms with Crippen molar-refractivity contribution in [2.45, 2.75) is 43.3 Å². The number of halogens is 3. The van der Waals surface area contributed by atoms with Crippen molar-refractivity contribution < 1.29 is 21.6 Å². The molecule has 0 spiro atoms. The molecule has 4 rings (SSSR count). The van der Waals surface area contributed by atoms with Crippen molar-refractivity contribution in [3.8, 4) is 11.1 Å². The van der Waals surface area contributed by atoms with Crippen molar-refractivity contribution in [1.29, 1.82) is 0 Å². The number of rotatable bonds is 4. The standard InChI is InChI=1S/C24H23F3N2O2S/c1-17-16-28-13-12-20(17)18-7-6-8-19(15-18)22-10-4-5-14-29(22)32(30,31)23-11-3-2-9-21(23)24(25,26)27/h2-3,6-9,11-13,15-16,22H,4-5,10,14H2,1H3. The number of aromatic nitrogens is 1. The van der Waals surface area contributed by atoms with Gasteiger partial charge in [0.05, 0.1) is 16.5 Å². The number of benzene rings is 2.